The van der Waals surface area contributed by atoms with Gasteiger partial charge in [-0.05, 0) is 65.0 Å². The van der Waals surface area contributed by atoms with Crippen molar-refractivity contribution >= 4 is 5.96 Å². The zero-order valence-electron chi connectivity index (χ0n) is 17.6. The Hall–Kier alpha value is -0.810. The molecule has 0 radical (unpaired) electrons. The molecule has 156 valence electrons. The molecule has 1 unspecified atom stereocenters. The summed E-state index contributed by atoms with van der Waals surface area (Å²) in [6, 6.07) is 0.740. The maximum Gasteiger partial charge on any atom is 0.193 e. The van der Waals surface area contributed by atoms with Gasteiger partial charge in [-0.1, -0.05) is 25.7 Å². The highest BCUT2D eigenvalue weighted by molar-refractivity contribution is 5.80. The molecular formula is C22H42N4O. The monoisotopic (exact) mass is 378 g/mol. The van der Waals surface area contributed by atoms with E-state index >= 15 is 0 Å². The first-order valence-corrected chi connectivity index (χ1v) is 11.8. The van der Waals surface area contributed by atoms with Gasteiger partial charge in [0.1, 0.15) is 0 Å². The molecule has 1 N–H and O–H groups in total. The largest absolute Gasteiger partial charge is 0.378 e. The molecule has 0 aromatic heterocycles. The second-order valence-electron chi connectivity index (χ2n) is 8.56. The van der Waals surface area contributed by atoms with Crippen LogP contribution in [0.1, 0.15) is 77.6 Å². The highest BCUT2D eigenvalue weighted by Gasteiger charge is 2.30. The SMILES string of the molecule is CCNC(=NCCCCOC1CCCCCC1)N1CCC(N2CCCC2)C1. The molecule has 0 aromatic carbocycles. The fourth-order valence-electron chi connectivity index (χ4n) is 4.82. The Morgan fingerprint density at radius 3 is 2.48 bits per heavy atom. The molecule has 0 spiro atoms. The lowest BCUT2D eigenvalue weighted by atomic mass is 10.1. The Labute approximate surface area is 166 Å². The molecule has 3 fully saturated rings. The third-order valence-corrected chi connectivity index (χ3v) is 6.42. The van der Waals surface area contributed by atoms with Gasteiger partial charge in [0.2, 0.25) is 0 Å². The van der Waals surface area contributed by atoms with E-state index in [1.165, 1.54) is 70.9 Å². The summed E-state index contributed by atoms with van der Waals surface area (Å²) in [5, 5.41) is 3.51. The van der Waals surface area contributed by atoms with Crippen molar-refractivity contribution in [1.29, 1.82) is 0 Å². The average molecular weight is 379 g/mol. The Morgan fingerprint density at radius 1 is 0.963 bits per heavy atom. The Kier molecular flexibility index (Phi) is 9.22. The van der Waals surface area contributed by atoms with Gasteiger partial charge in [-0.25, -0.2) is 0 Å². The van der Waals surface area contributed by atoms with Crippen LogP contribution in [0.25, 0.3) is 0 Å². The predicted octanol–water partition coefficient (Wildman–Crippen LogP) is 3.64. The topological polar surface area (TPSA) is 40.1 Å². The molecule has 0 amide bonds. The van der Waals surface area contributed by atoms with E-state index in [0.717, 1.165) is 57.6 Å². The number of guanidine groups is 1. The fraction of sp³-hybridized carbons (Fsp3) is 0.955. The van der Waals surface area contributed by atoms with Crippen LogP contribution in [0.15, 0.2) is 4.99 Å². The number of unbranched alkanes of at least 4 members (excludes halogenated alkanes) is 1. The molecule has 3 aliphatic rings. The summed E-state index contributed by atoms with van der Waals surface area (Å²) in [5.41, 5.74) is 0. The van der Waals surface area contributed by atoms with Gasteiger partial charge in [-0.15, -0.1) is 0 Å². The van der Waals surface area contributed by atoms with E-state index < -0.39 is 0 Å². The minimum absolute atomic E-state index is 0.528. The highest BCUT2D eigenvalue weighted by atomic mass is 16.5. The van der Waals surface area contributed by atoms with Crippen molar-refractivity contribution in [2.75, 3.05) is 45.9 Å². The van der Waals surface area contributed by atoms with Crippen molar-refractivity contribution in [3.8, 4) is 0 Å². The van der Waals surface area contributed by atoms with Crippen LogP contribution in [-0.4, -0.2) is 73.8 Å². The normalized spacial score (nSPS) is 25.9. The first-order valence-electron chi connectivity index (χ1n) is 11.8. The zero-order chi connectivity index (χ0) is 18.7. The smallest absolute Gasteiger partial charge is 0.193 e. The standard InChI is InChI=1S/C22H42N4O/c1-2-23-22(26-17-13-20(19-26)25-15-8-9-16-25)24-14-7-10-18-27-21-11-5-3-4-6-12-21/h20-21H,2-19H2,1H3,(H,23,24). The van der Waals surface area contributed by atoms with E-state index in [1.807, 2.05) is 0 Å². The lowest BCUT2D eigenvalue weighted by Gasteiger charge is -2.25. The summed E-state index contributed by atoms with van der Waals surface area (Å²) in [6.07, 6.45) is 14.9. The molecule has 2 saturated heterocycles. The Bertz CT molecular complexity index is 428. The number of nitrogens with zero attached hydrogens (tertiary/aromatic N) is 3. The van der Waals surface area contributed by atoms with Crippen molar-refractivity contribution in [3.63, 3.8) is 0 Å². The highest BCUT2D eigenvalue weighted by Crippen LogP contribution is 2.21. The third kappa shape index (κ3) is 6.94. The summed E-state index contributed by atoms with van der Waals surface area (Å²) < 4.78 is 6.11. The minimum Gasteiger partial charge on any atom is -0.378 e. The van der Waals surface area contributed by atoms with Crippen molar-refractivity contribution in [3.05, 3.63) is 0 Å². The summed E-state index contributed by atoms with van der Waals surface area (Å²) in [5.74, 6) is 1.13. The lowest BCUT2D eigenvalue weighted by Crippen LogP contribution is -2.42. The summed E-state index contributed by atoms with van der Waals surface area (Å²) >= 11 is 0. The molecule has 0 bridgehead atoms. The molecule has 5 nitrogen and oxygen atoms in total. The van der Waals surface area contributed by atoms with E-state index in [4.69, 9.17) is 9.73 Å². The quantitative estimate of drug-likeness (QED) is 0.303. The van der Waals surface area contributed by atoms with Crippen LogP contribution in [0.2, 0.25) is 0 Å². The van der Waals surface area contributed by atoms with E-state index in [-0.39, 0.29) is 0 Å². The van der Waals surface area contributed by atoms with Crippen molar-refractivity contribution in [1.82, 2.24) is 15.1 Å². The molecule has 1 saturated carbocycles. The van der Waals surface area contributed by atoms with Crippen LogP contribution in [-0.2, 0) is 4.74 Å². The van der Waals surface area contributed by atoms with Gasteiger partial charge < -0.3 is 15.0 Å². The second kappa shape index (κ2) is 11.9. The number of aliphatic imine (C=N–C) groups is 1. The Balaban J connectivity index is 1.33. The molecule has 1 atom stereocenters. The van der Waals surface area contributed by atoms with E-state index in [2.05, 4.69) is 22.0 Å². The maximum atomic E-state index is 6.11. The van der Waals surface area contributed by atoms with Crippen LogP contribution in [0.5, 0.6) is 0 Å². The molecule has 2 aliphatic heterocycles. The minimum atomic E-state index is 0.528. The van der Waals surface area contributed by atoms with Crippen molar-refractivity contribution in [2.24, 2.45) is 4.99 Å². The van der Waals surface area contributed by atoms with Gasteiger partial charge in [-0.2, -0.15) is 0 Å². The molecule has 3 rings (SSSR count). The molecule has 27 heavy (non-hydrogen) atoms. The number of nitrogens with one attached hydrogen (secondary N) is 1. The number of likely N-dealkylation sites (tertiary alicyclic amines) is 2. The maximum absolute atomic E-state index is 6.11. The second-order valence-corrected chi connectivity index (χ2v) is 8.56. The zero-order valence-corrected chi connectivity index (χ0v) is 17.6. The van der Waals surface area contributed by atoms with Gasteiger partial charge in [0.05, 0.1) is 6.10 Å². The van der Waals surface area contributed by atoms with Crippen LogP contribution < -0.4 is 5.32 Å². The molecule has 5 heteroatoms. The van der Waals surface area contributed by atoms with Crippen molar-refractivity contribution in [2.45, 2.75) is 89.7 Å². The molecule has 0 aromatic rings. The third-order valence-electron chi connectivity index (χ3n) is 6.42. The first kappa shape index (κ1) is 20.9. The average Bonchev–Trinajstić information content (AvgIpc) is 3.31. The number of hydrogen-bond acceptors (Lipinski definition) is 3. The number of hydrogen-bond donors (Lipinski definition) is 1. The van der Waals surface area contributed by atoms with Crippen LogP contribution >= 0.6 is 0 Å². The van der Waals surface area contributed by atoms with E-state index in [0.29, 0.717) is 6.10 Å². The van der Waals surface area contributed by atoms with Crippen molar-refractivity contribution < 1.29 is 4.74 Å². The molecular weight excluding hydrogens is 336 g/mol. The Morgan fingerprint density at radius 2 is 1.74 bits per heavy atom. The summed E-state index contributed by atoms with van der Waals surface area (Å²) in [4.78, 5) is 10.1. The predicted molar refractivity (Wildman–Crippen MR) is 113 cm³/mol. The van der Waals surface area contributed by atoms with Crippen LogP contribution in [0.3, 0.4) is 0 Å². The molecule has 1 aliphatic carbocycles. The number of rotatable bonds is 8. The first-order chi connectivity index (χ1) is 13.4. The van der Waals surface area contributed by atoms with Gasteiger partial charge in [-0.3, -0.25) is 9.89 Å². The van der Waals surface area contributed by atoms with Gasteiger partial charge in [0.25, 0.3) is 0 Å². The number of ether oxygens (including phenoxy) is 1. The van der Waals surface area contributed by atoms with Gasteiger partial charge in [0.15, 0.2) is 5.96 Å². The van der Waals surface area contributed by atoms with E-state index in [9.17, 15) is 0 Å². The lowest BCUT2D eigenvalue weighted by molar-refractivity contribution is 0.0412. The van der Waals surface area contributed by atoms with Crippen LogP contribution in [0.4, 0.5) is 0 Å². The van der Waals surface area contributed by atoms with Gasteiger partial charge >= 0.3 is 0 Å². The summed E-state index contributed by atoms with van der Waals surface area (Å²) in [6.45, 7) is 9.85. The van der Waals surface area contributed by atoms with Gasteiger partial charge in [0, 0.05) is 38.8 Å². The summed E-state index contributed by atoms with van der Waals surface area (Å²) in [7, 11) is 0. The molecule has 2 heterocycles. The van der Waals surface area contributed by atoms with E-state index in [1.54, 1.807) is 0 Å². The fourth-order valence-corrected chi connectivity index (χ4v) is 4.82. The van der Waals surface area contributed by atoms with Crippen LogP contribution in [0, 0.1) is 0 Å².